The molecule has 0 atom stereocenters. The van der Waals surface area contributed by atoms with Crippen LogP contribution in [0.1, 0.15) is 39.5 Å². The number of nitro benzene ring substituents is 1. The fraction of sp³-hybridized carbons (Fsp3) is 0.400. The average Bonchev–Trinajstić information content (AvgIpc) is 2.65. The van der Waals surface area contributed by atoms with Crippen LogP contribution in [0.15, 0.2) is 46.2 Å². The van der Waals surface area contributed by atoms with E-state index in [1.165, 1.54) is 17.8 Å². The second-order valence-electron chi connectivity index (χ2n) is 5.96. The highest BCUT2D eigenvalue weighted by molar-refractivity contribution is 7.99. The lowest BCUT2D eigenvalue weighted by atomic mass is 10.2. The molecule has 0 amide bonds. The molecular weight excluding hydrogens is 386 g/mol. The molecule has 5 nitrogen and oxygen atoms in total. The summed E-state index contributed by atoms with van der Waals surface area (Å²) in [4.78, 5) is 12.7. The molecule has 0 N–H and O–H groups in total. The number of nitrogens with zero attached hydrogens (tertiary/aromatic N) is 1. The Hall–Kier alpha value is -1.92. The van der Waals surface area contributed by atoms with Gasteiger partial charge >= 0.3 is 5.69 Å². The van der Waals surface area contributed by atoms with Crippen LogP contribution in [0.4, 0.5) is 5.69 Å². The second-order valence-corrected chi connectivity index (χ2v) is 7.45. The monoisotopic (exact) mass is 409 g/mol. The SMILES string of the molecule is CCCCOc1cc([N+](=O)[O-])c(OCCCC)cc1Sc1ccccc1Cl. The van der Waals surface area contributed by atoms with Crippen molar-refractivity contribution in [3.63, 3.8) is 0 Å². The van der Waals surface area contributed by atoms with E-state index in [2.05, 4.69) is 6.92 Å². The van der Waals surface area contributed by atoms with E-state index < -0.39 is 4.92 Å². The molecule has 0 aliphatic carbocycles. The van der Waals surface area contributed by atoms with Crippen molar-refractivity contribution in [2.75, 3.05) is 13.2 Å². The van der Waals surface area contributed by atoms with Gasteiger partial charge in [0.15, 0.2) is 5.75 Å². The van der Waals surface area contributed by atoms with Crippen LogP contribution < -0.4 is 9.47 Å². The minimum atomic E-state index is -0.433. The molecule has 7 heteroatoms. The summed E-state index contributed by atoms with van der Waals surface area (Å²) in [5, 5.41) is 12.1. The third kappa shape index (κ3) is 6.33. The first kappa shape index (κ1) is 21.4. The van der Waals surface area contributed by atoms with Crippen LogP contribution in [-0.2, 0) is 0 Å². The normalized spacial score (nSPS) is 10.6. The Bertz CT molecular complexity index is 770. The Morgan fingerprint density at radius 3 is 2.22 bits per heavy atom. The fourth-order valence-corrected chi connectivity index (χ4v) is 3.47. The van der Waals surface area contributed by atoms with Crippen molar-refractivity contribution in [3.05, 3.63) is 51.5 Å². The minimum absolute atomic E-state index is 0.0823. The third-order valence-electron chi connectivity index (χ3n) is 3.79. The molecule has 2 aromatic rings. The number of unbranched alkanes of at least 4 members (excludes halogenated alkanes) is 2. The van der Waals surface area contributed by atoms with Crippen molar-refractivity contribution in [2.24, 2.45) is 0 Å². The number of hydrogen-bond acceptors (Lipinski definition) is 5. The van der Waals surface area contributed by atoms with Crippen molar-refractivity contribution in [1.82, 2.24) is 0 Å². The van der Waals surface area contributed by atoms with E-state index >= 15 is 0 Å². The molecule has 2 aromatic carbocycles. The van der Waals surface area contributed by atoms with E-state index in [0.29, 0.717) is 24.0 Å². The minimum Gasteiger partial charge on any atom is -0.492 e. The zero-order valence-electron chi connectivity index (χ0n) is 15.6. The highest BCUT2D eigenvalue weighted by Crippen LogP contribution is 2.44. The average molecular weight is 410 g/mol. The lowest BCUT2D eigenvalue weighted by molar-refractivity contribution is -0.386. The molecule has 0 aromatic heterocycles. The van der Waals surface area contributed by atoms with E-state index in [1.807, 2.05) is 31.2 Å². The molecule has 0 saturated carbocycles. The van der Waals surface area contributed by atoms with Gasteiger partial charge < -0.3 is 9.47 Å². The van der Waals surface area contributed by atoms with Crippen LogP contribution in [0.3, 0.4) is 0 Å². The molecule has 0 heterocycles. The van der Waals surface area contributed by atoms with Crippen molar-refractivity contribution in [1.29, 1.82) is 0 Å². The van der Waals surface area contributed by atoms with Gasteiger partial charge in [-0.15, -0.1) is 0 Å². The van der Waals surface area contributed by atoms with E-state index in [0.717, 1.165) is 35.5 Å². The topological polar surface area (TPSA) is 61.6 Å². The lowest BCUT2D eigenvalue weighted by Gasteiger charge is -2.14. The first-order valence-electron chi connectivity index (χ1n) is 9.07. The number of halogens is 1. The number of benzene rings is 2. The summed E-state index contributed by atoms with van der Waals surface area (Å²) >= 11 is 7.69. The van der Waals surface area contributed by atoms with Gasteiger partial charge in [-0.2, -0.15) is 0 Å². The number of rotatable bonds is 11. The molecule has 2 rings (SSSR count). The van der Waals surface area contributed by atoms with Crippen molar-refractivity contribution < 1.29 is 14.4 Å². The second kappa shape index (κ2) is 11.0. The predicted octanol–water partition coefficient (Wildman–Crippen LogP) is 6.76. The van der Waals surface area contributed by atoms with Crippen LogP contribution in [0.2, 0.25) is 5.02 Å². The highest BCUT2D eigenvalue weighted by Gasteiger charge is 2.21. The summed E-state index contributed by atoms with van der Waals surface area (Å²) in [6, 6.07) is 10.6. The molecule has 0 radical (unpaired) electrons. The summed E-state index contributed by atoms with van der Waals surface area (Å²) in [6.07, 6.45) is 3.64. The molecule has 0 saturated heterocycles. The summed E-state index contributed by atoms with van der Waals surface area (Å²) in [6.45, 7) is 5.04. The highest BCUT2D eigenvalue weighted by atomic mass is 35.5. The van der Waals surface area contributed by atoms with Crippen LogP contribution >= 0.6 is 23.4 Å². The lowest BCUT2D eigenvalue weighted by Crippen LogP contribution is -2.03. The summed E-state index contributed by atoms with van der Waals surface area (Å²) < 4.78 is 11.5. The number of ether oxygens (including phenoxy) is 2. The van der Waals surface area contributed by atoms with Gasteiger partial charge in [-0.05, 0) is 25.0 Å². The van der Waals surface area contributed by atoms with Crippen LogP contribution in [-0.4, -0.2) is 18.1 Å². The maximum Gasteiger partial charge on any atom is 0.314 e. The van der Waals surface area contributed by atoms with Crippen molar-refractivity contribution in [2.45, 2.75) is 49.3 Å². The summed E-state index contributed by atoms with van der Waals surface area (Å²) in [5.41, 5.74) is -0.0823. The van der Waals surface area contributed by atoms with Crippen molar-refractivity contribution >= 4 is 29.1 Å². The molecule has 27 heavy (non-hydrogen) atoms. The third-order valence-corrected chi connectivity index (χ3v) is 5.35. The Labute approximate surface area is 169 Å². The van der Waals surface area contributed by atoms with Crippen LogP contribution in [0, 0.1) is 10.1 Å². The van der Waals surface area contributed by atoms with E-state index in [-0.39, 0.29) is 11.4 Å². The van der Waals surface area contributed by atoms with E-state index in [4.69, 9.17) is 21.1 Å². The number of nitro groups is 1. The van der Waals surface area contributed by atoms with Gasteiger partial charge in [-0.25, -0.2) is 0 Å². The van der Waals surface area contributed by atoms with Crippen LogP contribution in [0.5, 0.6) is 11.5 Å². The zero-order chi connectivity index (χ0) is 19.6. The van der Waals surface area contributed by atoms with Gasteiger partial charge in [0.25, 0.3) is 0 Å². The van der Waals surface area contributed by atoms with Crippen LogP contribution in [0.25, 0.3) is 0 Å². The molecule has 0 unspecified atom stereocenters. The van der Waals surface area contributed by atoms with Gasteiger partial charge in [0.2, 0.25) is 0 Å². The maximum absolute atomic E-state index is 11.5. The standard InChI is InChI=1S/C20H24ClNO4S/c1-3-5-11-25-17-14-20(27-19-10-8-7-9-15(19)21)18(26-12-6-4-2)13-16(17)22(23)24/h7-10,13-14H,3-6,11-12H2,1-2H3. The molecule has 0 aliphatic rings. The summed E-state index contributed by atoms with van der Waals surface area (Å²) in [5.74, 6) is 0.730. The molecule has 0 aliphatic heterocycles. The quantitative estimate of drug-likeness (QED) is 0.233. The first-order valence-corrected chi connectivity index (χ1v) is 10.3. The Morgan fingerprint density at radius 1 is 1.00 bits per heavy atom. The Kier molecular flexibility index (Phi) is 8.75. The molecule has 0 spiro atoms. The van der Waals surface area contributed by atoms with Gasteiger partial charge in [-0.1, -0.05) is 62.2 Å². The smallest absolute Gasteiger partial charge is 0.314 e. The zero-order valence-corrected chi connectivity index (χ0v) is 17.1. The van der Waals surface area contributed by atoms with Gasteiger partial charge in [0.1, 0.15) is 5.75 Å². The van der Waals surface area contributed by atoms with Gasteiger partial charge in [0, 0.05) is 11.0 Å². The van der Waals surface area contributed by atoms with Gasteiger partial charge in [-0.3, -0.25) is 10.1 Å². The molecule has 0 fully saturated rings. The van der Waals surface area contributed by atoms with Gasteiger partial charge in [0.05, 0.1) is 34.1 Å². The van der Waals surface area contributed by atoms with E-state index in [9.17, 15) is 10.1 Å². The van der Waals surface area contributed by atoms with Crippen molar-refractivity contribution in [3.8, 4) is 11.5 Å². The number of hydrogen-bond donors (Lipinski definition) is 0. The fourth-order valence-electron chi connectivity index (χ4n) is 2.28. The molecular formula is C20H24ClNO4S. The predicted molar refractivity (Wildman–Crippen MR) is 109 cm³/mol. The molecule has 0 bridgehead atoms. The molecule has 146 valence electrons. The summed E-state index contributed by atoms with van der Waals surface area (Å²) in [7, 11) is 0. The van der Waals surface area contributed by atoms with E-state index in [1.54, 1.807) is 6.07 Å². The Balaban J connectivity index is 2.40. The largest absolute Gasteiger partial charge is 0.492 e. The Morgan fingerprint density at radius 2 is 1.63 bits per heavy atom. The first-order chi connectivity index (χ1) is 13.1. The maximum atomic E-state index is 11.5.